The lowest BCUT2D eigenvalue weighted by atomic mass is 9.93. The fraction of sp³-hybridized carbons (Fsp3) is 0. The van der Waals surface area contributed by atoms with Crippen molar-refractivity contribution in [2.45, 2.75) is 0 Å². The van der Waals surface area contributed by atoms with E-state index in [0.717, 1.165) is 38.5 Å². The molecule has 0 saturated carbocycles. The molecule has 7 aromatic carbocycles. The van der Waals surface area contributed by atoms with Crippen molar-refractivity contribution >= 4 is 43.5 Å². The Bertz CT molecular complexity index is 2320. The van der Waals surface area contributed by atoms with E-state index in [0.29, 0.717) is 5.56 Å². The highest BCUT2D eigenvalue weighted by molar-refractivity contribution is 6.19. The number of hydrogen-bond acceptors (Lipinski definition) is 2. The molecule has 0 bridgehead atoms. The van der Waals surface area contributed by atoms with Gasteiger partial charge >= 0.3 is 0 Å². The molecule has 2 heteroatoms. The number of benzene rings is 7. The molecule has 1 heterocycles. The van der Waals surface area contributed by atoms with E-state index in [-0.39, 0.29) is 0 Å². The van der Waals surface area contributed by atoms with E-state index >= 15 is 0 Å². The van der Waals surface area contributed by atoms with Crippen molar-refractivity contribution in [2.75, 3.05) is 0 Å². The lowest BCUT2D eigenvalue weighted by Gasteiger charge is -2.11. The van der Waals surface area contributed by atoms with Crippen LogP contribution in [-0.2, 0) is 0 Å². The van der Waals surface area contributed by atoms with Gasteiger partial charge in [-0.2, -0.15) is 5.26 Å². The van der Waals surface area contributed by atoms with Crippen molar-refractivity contribution < 1.29 is 4.42 Å². The normalized spacial score (nSPS) is 11.4. The Morgan fingerprint density at radius 2 is 1.05 bits per heavy atom. The zero-order valence-corrected chi connectivity index (χ0v) is 22.1. The molecule has 0 amide bonds. The molecule has 0 unspecified atom stereocenters. The smallest absolute Gasteiger partial charge is 0.143 e. The highest BCUT2D eigenvalue weighted by Crippen LogP contribution is 2.40. The van der Waals surface area contributed by atoms with Gasteiger partial charge in [-0.15, -0.1) is 0 Å². The average Bonchev–Trinajstić information content (AvgIpc) is 3.43. The van der Waals surface area contributed by atoms with Crippen LogP contribution in [0.2, 0.25) is 0 Å². The Morgan fingerprint density at radius 1 is 0.439 bits per heavy atom. The first-order valence-corrected chi connectivity index (χ1v) is 13.7. The number of nitriles is 1. The predicted molar refractivity (Wildman–Crippen MR) is 170 cm³/mol. The minimum atomic E-state index is 0.671. The monoisotopic (exact) mass is 521 g/mol. The molecule has 0 aliphatic heterocycles. The van der Waals surface area contributed by atoms with Crippen molar-refractivity contribution in [3.63, 3.8) is 0 Å². The first kappa shape index (κ1) is 23.3. The number of hydrogen-bond donors (Lipinski definition) is 0. The fourth-order valence-corrected chi connectivity index (χ4v) is 5.99. The third-order valence-corrected chi connectivity index (χ3v) is 8.08. The lowest BCUT2D eigenvalue weighted by Crippen LogP contribution is -1.85. The largest absolute Gasteiger partial charge is 0.455 e. The molecule has 8 rings (SSSR count). The minimum absolute atomic E-state index is 0.671. The van der Waals surface area contributed by atoms with Gasteiger partial charge in [0.1, 0.15) is 11.2 Å². The number of furan rings is 1. The first-order chi connectivity index (χ1) is 20.2. The van der Waals surface area contributed by atoms with Gasteiger partial charge in [-0.25, -0.2) is 0 Å². The van der Waals surface area contributed by atoms with Gasteiger partial charge in [0.15, 0.2) is 0 Å². The number of nitrogens with zero attached hydrogens (tertiary/aromatic N) is 1. The van der Waals surface area contributed by atoms with E-state index in [1.165, 1.54) is 38.4 Å². The van der Waals surface area contributed by atoms with E-state index in [1.54, 1.807) is 0 Å². The zero-order chi connectivity index (χ0) is 27.3. The predicted octanol–water partition coefficient (Wildman–Crippen LogP) is 10.8. The topological polar surface area (TPSA) is 36.9 Å². The molecule has 0 N–H and O–H groups in total. The van der Waals surface area contributed by atoms with Crippen LogP contribution in [0.25, 0.3) is 76.9 Å². The fourth-order valence-electron chi connectivity index (χ4n) is 5.99. The summed E-state index contributed by atoms with van der Waals surface area (Å²) in [5, 5.41) is 16.1. The Labute approximate surface area is 237 Å². The third kappa shape index (κ3) is 3.87. The second-order valence-corrected chi connectivity index (χ2v) is 10.5. The molecule has 2 nitrogen and oxygen atoms in total. The number of para-hydroxylation sites is 1. The molecule has 0 spiro atoms. The Morgan fingerprint density at radius 3 is 1.83 bits per heavy atom. The van der Waals surface area contributed by atoms with Crippen molar-refractivity contribution in [1.29, 1.82) is 5.26 Å². The second-order valence-electron chi connectivity index (χ2n) is 10.5. The summed E-state index contributed by atoms with van der Waals surface area (Å²) in [5.41, 5.74) is 9.52. The molecule has 41 heavy (non-hydrogen) atoms. The van der Waals surface area contributed by atoms with Gasteiger partial charge in [0.25, 0.3) is 0 Å². The van der Waals surface area contributed by atoms with E-state index in [1.807, 2.05) is 36.4 Å². The molecule has 0 aliphatic rings. The molecule has 1 aromatic heterocycles. The first-order valence-electron chi connectivity index (χ1n) is 13.7. The van der Waals surface area contributed by atoms with E-state index in [9.17, 15) is 0 Å². The molecular formula is C39H23NO. The van der Waals surface area contributed by atoms with Crippen LogP contribution in [0.3, 0.4) is 0 Å². The molecular weight excluding hydrogens is 498 g/mol. The van der Waals surface area contributed by atoms with Gasteiger partial charge < -0.3 is 4.42 Å². The Hall–Kier alpha value is -5.65. The Balaban J connectivity index is 1.22. The van der Waals surface area contributed by atoms with Gasteiger partial charge in [0.2, 0.25) is 0 Å². The SMILES string of the molecule is N#Cc1ccc(-c2cccc(-c3ccc4cc(-c5cc6c7ccccc7oc6c6ccccc56)ccc4c3)c2)cc1. The molecule has 0 atom stereocenters. The quantitative estimate of drug-likeness (QED) is 0.232. The standard InChI is InChI=1S/C39H23NO/c40-24-25-12-14-26(15-13-25)27-6-5-7-28(20-27)29-16-17-31-22-32(19-18-30(31)21-29)36-23-37-34-9-3-4-11-38(34)41-39(37)35-10-2-1-8-33(35)36/h1-23H. The highest BCUT2D eigenvalue weighted by atomic mass is 16.3. The molecule has 0 aliphatic carbocycles. The summed E-state index contributed by atoms with van der Waals surface area (Å²) in [5.74, 6) is 0. The maximum Gasteiger partial charge on any atom is 0.143 e. The van der Waals surface area contributed by atoms with Crippen LogP contribution in [0, 0.1) is 11.3 Å². The van der Waals surface area contributed by atoms with Gasteiger partial charge in [-0.05, 0) is 92.0 Å². The zero-order valence-electron chi connectivity index (χ0n) is 22.1. The van der Waals surface area contributed by atoms with Gasteiger partial charge in [0, 0.05) is 16.2 Å². The van der Waals surface area contributed by atoms with Crippen LogP contribution in [0.5, 0.6) is 0 Å². The molecule has 190 valence electrons. The third-order valence-electron chi connectivity index (χ3n) is 8.08. The van der Waals surface area contributed by atoms with Crippen molar-refractivity contribution in [2.24, 2.45) is 0 Å². The van der Waals surface area contributed by atoms with Crippen LogP contribution < -0.4 is 0 Å². The van der Waals surface area contributed by atoms with E-state index in [4.69, 9.17) is 9.68 Å². The van der Waals surface area contributed by atoms with Gasteiger partial charge in [-0.1, -0.05) is 97.1 Å². The summed E-state index contributed by atoms with van der Waals surface area (Å²) in [6.45, 7) is 0. The molecule has 0 saturated heterocycles. The Kier molecular flexibility index (Phi) is 5.23. The van der Waals surface area contributed by atoms with Crippen molar-refractivity contribution in [3.05, 3.63) is 145 Å². The number of fused-ring (bicyclic) bond motifs is 6. The number of rotatable bonds is 3. The summed E-state index contributed by atoms with van der Waals surface area (Å²) in [4.78, 5) is 0. The van der Waals surface area contributed by atoms with E-state index in [2.05, 4.69) is 109 Å². The highest BCUT2D eigenvalue weighted by Gasteiger charge is 2.15. The summed E-state index contributed by atoms with van der Waals surface area (Å²) in [6, 6.07) is 51.0. The lowest BCUT2D eigenvalue weighted by molar-refractivity contribution is 0.672. The average molecular weight is 522 g/mol. The molecule has 8 aromatic rings. The van der Waals surface area contributed by atoms with E-state index < -0.39 is 0 Å². The maximum absolute atomic E-state index is 9.12. The second kappa shape index (κ2) is 9.23. The molecule has 0 fully saturated rings. The van der Waals surface area contributed by atoms with Crippen LogP contribution in [0.1, 0.15) is 5.56 Å². The van der Waals surface area contributed by atoms with Crippen LogP contribution in [0.15, 0.2) is 144 Å². The maximum atomic E-state index is 9.12. The summed E-state index contributed by atoms with van der Waals surface area (Å²) >= 11 is 0. The minimum Gasteiger partial charge on any atom is -0.455 e. The molecule has 0 radical (unpaired) electrons. The van der Waals surface area contributed by atoms with Crippen molar-refractivity contribution in [3.8, 4) is 39.4 Å². The van der Waals surface area contributed by atoms with Gasteiger partial charge in [0.05, 0.1) is 11.6 Å². The van der Waals surface area contributed by atoms with Gasteiger partial charge in [-0.3, -0.25) is 0 Å². The summed E-state index contributed by atoms with van der Waals surface area (Å²) < 4.78 is 6.32. The van der Waals surface area contributed by atoms with Crippen molar-refractivity contribution in [1.82, 2.24) is 0 Å². The summed E-state index contributed by atoms with van der Waals surface area (Å²) in [6.07, 6.45) is 0. The van der Waals surface area contributed by atoms with Crippen LogP contribution >= 0.6 is 0 Å². The van der Waals surface area contributed by atoms with Crippen LogP contribution in [0.4, 0.5) is 0 Å². The summed E-state index contributed by atoms with van der Waals surface area (Å²) in [7, 11) is 0. The van der Waals surface area contributed by atoms with Crippen LogP contribution in [-0.4, -0.2) is 0 Å².